The van der Waals surface area contributed by atoms with E-state index >= 15 is 0 Å². The summed E-state index contributed by atoms with van der Waals surface area (Å²) in [6.07, 6.45) is 1.30. The second-order valence-corrected chi connectivity index (χ2v) is 5.01. The Morgan fingerprint density at radius 3 is 2.06 bits per heavy atom. The van der Waals surface area contributed by atoms with Gasteiger partial charge in [-0.3, -0.25) is 0 Å². The predicted molar refractivity (Wildman–Crippen MR) is 66.2 cm³/mol. The van der Waals surface area contributed by atoms with E-state index in [1.165, 1.54) is 11.6 Å². The van der Waals surface area contributed by atoms with Crippen molar-refractivity contribution in [1.82, 2.24) is 0 Å². The quantitative estimate of drug-likeness (QED) is 0.771. The minimum atomic E-state index is -0.898. The predicted octanol–water partition coefficient (Wildman–Crippen LogP) is 3.51. The normalized spacial score (nSPS) is 12.6. The van der Waals surface area contributed by atoms with E-state index in [0.29, 0.717) is 0 Å². The summed E-state index contributed by atoms with van der Waals surface area (Å²) >= 11 is 0. The number of hydrogen-bond acceptors (Lipinski definition) is 1. The molecule has 0 spiro atoms. The Labute approximate surface area is 96.6 Å². The highest BCUT2D eigenvalue weighted by Gasteiger charge is 2.19. The van der Waals surface area contributed by atoms with Gasteiger partial charge in [-0.05, 0) is 23.5 Å². The minimum absolute atomic E-state index is 0.173. The van der Waals surface area contributed by atoms with Crippen molar-refractivity contribution in [3.63, 3.8) is 0 Å². The van der Waals surface area contributed by atoms with Gasteiger partial charge in [-0.25, -0.2) is 4.79 Å². The van der Waals surface area contributed by atoms with Crippen LogP contribution in [0.3, 0.4) is 0 Å². The molecule has 0 saturated heterocycles. The van der Waals surface area contributed by atoms with Crippen LogP contribution in [0.2, 0.25) is 0 Å². The second-order valence-electron chi connectivity index (χ2n) is 5.01. The molecule has 1 rings (SSSR count). The summed E-state index contributed by atoms with van der Waals surface area (Å²) in [4.78, 5) is 10.8. The molecule has 0 fully saturated rings. The zero-order valence-electron chi connectivity index (χ0n) is 10.2. The van der Waals surface area contributed by atoms with E-state index in [4.69, 9.17) is 5.11 Å². The van der Waals surface area contributed by atoms with E-state index < -0.39 is 5.97 Å². The molecule has 2 heteroatoms. The molecule has 1 aromatic carbocycles. The molecule has 1 aromatic rings. The first-order valence-electron chi connectivity index (χ1n) is 5.33. The van der Waals surface area contributed by atoms with E-state index in [9.17, 15) is 4.79 Å². The maximum absolute atomic E-state index is 10.8. The number of aliphatic carboxylic acids is 1. The Balaban J connectivity index is 3.23. The van der Waals surface area contributed by atoms with Gasteiger partial charge in [0, 0.05) is 6.08 Å². The first kappa shape index (κ1) is 12.5. The fraction of sp³-hybridized carbons (Fsp3) is 0.357. The van der Waals surface area contributed by atoms with Crippen molar-refractivity contribution in [2.45, 2.75) is 27.7 Å². The molecule has 0 radical (unpaired) electrons. The van der Waals surface area contributed by atoms with E-state index in [1.54, 1.807) is 0 Å². The Morgan fingerprint density at radius 2 is 1.69 bits per heavy atom. The Hall–Kier alpha value is -1.57. The third-order valence-electron chi connectivity index (χ3n) is 2.44. The lowest BCUT2D eigenvalue weighted by atomic mass is 9.81. The standard InChI is InChI=1S/C14H18O2/c1-10-5-7-11(8-6-10)12(9-13(15)16)14(2,3)4/h5-9H,1-4H3,(H,15,16)/b12-9-. The Kier molecular flexibility index (Phi) is 3.53. The average molecular weight is 218 g/mol. The average Bonchev–Trinajstić information content (AvgIpc) is 2.14. The highest BCUT2D eigenvalue weighted by Crippen LogP contribution is 2.33. The third-order valence-corrected chi connectivity index (χ3v) is 2.44. The van der Waals surface area contributed by atoms with Crippen molar-refractivity contribution >= 4 is 11.5 Å². The van der Waals surface area contributed by atoms with Gasteiger partial charge < -0.3 is 5.11 Å². The Morgan fingerprint density at radius 1 is 1.19 bits per heavy atom. The maximum atomic E-state index is 10.8. The number of hydrogen-bond donors (Lipinski definition) is 1. The van der Waals surface area contributed by atoms with Gasteiger partial charge in [0.1, 0.15) is 0 Å². The molecule has 0 amide bonds. The monoisotopic (exact) mass is 218 g/mol. The molecule has 0 aromatic heterocycles. The summed E-state index contributed by atoms with van der Waals surface area (Å²) in [6, 6.07) is 7.93. The molecule has 2 nitrogen and oxygen atoms in total. The summed E-state index contributed by atoms with van der Waals surface area (Å²) in [6.45, 7) is 8.06. The van der Waals surface area contributed by atoms with Gasteiger partial charge in [-0.1, -0.05) is 50.6 Å². The summed E-state index contributed by atoms with van der Waals surface area (Å²) in [7, 11) is 0. The van der Waals surface area contributed by atoms with E-state index in [1.807, 2.05) is 52.0 Å². The van der Waals surface area contributed by atoms with Crippen LogP contribution in [0.1, 0.15) is 31.9 Å². The second kappa shape index (κ2) is 4.52. The maximum Gasteiger partial charge on any atom is 0.328 e. The molecule has 0 saturated carbocycles. The molecule has 16 heavy (non-hydrogen) atoms. The van der Waals surface area contributed by atoms with Crippen LogP contribution < -0.4 is 0 Å². The van der Waals surface area contributed by atoms with Crippen LogP contribution in [0.4, 0.5) is 0 Å². The van der Waals surface area contributed by atoms with E-state index in [-0.39, 0.29) is 5.41 Å². The van der Waals surface area contributed by atoms with Crippen LogP contribution in [0, 0.1) is 12.3 Å². The van der Waals surface area contributed by atoms with Gasteiger partial charge in [0.15, 0.2) is 0 Å². The summed E-state index contributed by atoms with van der Waals surface area (Å²) < 4.78 is 0. The SMILES string of the molecule is Cc1ccc(/C(=C/C(=O)O)C(C)(C)C)cc1. The van der Waals surface area contributed by atoms with Crippen molar-refractivity contribution in [2.75, 3.05) is 0 Å². The zero-order valence-corrected chi connectivity index (χ0v) is 10.2. The molecule has 0 bridgehead atoms. The molecule has 1 N–H and O–H groups in total. The molecule has 0 aliphatic heterocycles. The van der Waals surface area contributed by atoms with Crippen molar-refractivity contribution in [3.8, 4) is 0 Å². The van der Waals surface area contributed by atoms with Crippen molar-refractivity contribution in [3.05, 3.63) is 41.5 Å². The van der Waals surface area contributed by atoms with E-state index in [2.05, 4.69) is 0 Å². The number of carboxylic acids is 1. The van der Waals surface area contributed by atoms with Gasteiger partial charge in [0.05, 0.1) is 0 Å². The number of aryl methyl sites for hydroxylation is 1. The summed E-state index contributed by atoms with van der Waals surface area (Å²) in [5, 5.41) is 8.89. The van der Waals surface area contributed by atoms with Gasteiger partial charge in [-0.2, -0.15) is 0 Å². The number of carboxylic acid groups (broad SMARTS) is 1. The van der Waals surface area contributed by atoms with Gasteiger partial charge in [0.2, 0.25) is 0 Å². The highest BCUT2D eigenvalue weighted by atomic mass is 16.4. The lowest BCUT2D eigenvalue weighted by molar-refractivity contribution is -0.131. The van der Waals surface area contributed by atoms with Crippen LogP contribution >= 0.6 is 0 Å². The van der Waals surface area contributed by atoms with Crippen LogP contribution in [-0.4, -0.2) is 11.1 Å². The fourth-order valence-corrected chi connectivity index (χ4v) is 1.59. The largest absolute Gasteiger partial charge is 0.478 e. The van der Waals surface area contributed by atoms with Crippen molar-refractivity contribution in [2.24, 2.45) is 5.41 Å². The number of benzene rings is 1. The molecule has 0 aliphatic rings. The topological polar surface area (TPSA) is 37.3 Å². The van der Waals surface area contributed by atoms with E-state index in [0.717, 1.165) is 11.1 Å². The van der Waals surface area contributed by atoms with Gasteiger partial charge in [0.25, 0.3) is 0 Å². The van der Waals surface area contributed by atoms with Crippen molar-refractivity contribution < 1.29 is 9.90 Å². The highest BCUT2D eigenvalue weighted by molar-refractivity contribution is 5.91. The summed E-state index contributed by atoms with van der Waals surface area (Å²) in [5.74, 6) is -0.898. The van der Waals surface area contributed by atoms with Crippen LogP contribution in [0.25, 0.3) is 5.57 Å². The lowest BCUT2D eigenvalue weighted by Crippen LogP contribution is -2.10. The molecule has 0 atom stereocenters. The van der Waals surface area contributed by atoms with Gasteiger partial charge >= 0.3 is 5.97 Å². The smallest absolute Gasteiger partial charge is 0.328 e. The number of allylic oxidation sites excluding steroid dienone is 1. The summed E-state index contributed by atoms with van der Waals surface area (Å²) in [5.41, 5.74) is 2.82. The van der Waals surface area contributed by atoms with Crippen LogP contribution in [0.15, 0.2) is 30.3 Å². The molecule has 86 valence electrons. The lowest BCUT2D eigenvalue weighted by Gasteiger charge is -2.23. The first-order chi connectivity index (χ1) is 7.30. The minimum Gasteiger partial charge on any atom is -0.478 e. The molecule has 0 heterocycles. The number of rotatable bonds is 2. The fourth-order valence-electron chi connectivity index (χ4n) is 1.59. The van der Waals surface area contributed by atoms with Crippen LogP contribution in [-0.2, 0) is 4.79 Å². The molecule has 0 aliphatic carbocycles. The first-order valence-corrected chi connectivity index (χ1v) is 5.33. The number of carbonyl (C=O) groups is 1. The molecular formula is C14H18O2. The van der Waals surface area contributed by atoms with Gasteiger partial charge in [-0.15, -0.1) is 0 Å². The molecule has 0 unspecified atom stereocenters. The van der Waals surface area contributed by atoms with Crippen molar-refractivity contribution in [1.29, 1.82) is 0 Å². The Bertz CT molecular complexity index is 405. The molecular weight excluding hydrogens is 200 g/mol. The third kappa shape index (κ3) is 3.23. The van der Waals surface area contributed by atoms with Crippen LogP contribution in [0.5, 0.6) is 0 Å². The zero-order chi connectivity index (χ0) is 12.3.